The molecule has 0 unspecified atom stereocenters. The Bertz CT molecular complexity index is 338. The van der Waals surface area contributed by atoms with Gasteiger partial charge in [-0.2, -0.15) is 0 Å². The van der Waals surface area contributed by atoms with Gasteiger partial charge in [0.25, 0.3) is 0 Å². The smallest absolute Gasteiger partial charge is 0.330 e. The predicted octanol–water partition coefficient (Wildman–Crippen LogP) is 2.78. The molecule has 1 N–H and O–H groups in total. The molecule has 1 aromatic carbocycles. The average molecular weight is 240 g/mol. The van der Waals surface area contributed by atoms with Crippen molar-refractivity contribution in [2.75, 3.05) is 17.7 Å². The number of ether oxygens (including phenoxy) is 1. The maximum absolute atomic E-state index is 11.2. The Balaban J connectivity index is 2.20. The molecule has 16 heavy (non-hydrogen) atoms. The van der Waals surface area contributed by atoms with Crippen LogP contribution in [0.2, 0.25) is 0 Å². The summed E-state index contributed by atoms with van der Waals surface area (Å²) in [7, 11) is 0. The number of para-hydroxylation sites is 1. The van der Waals surface area contributed by atoms with Crippen LogP contribution >= 0.6 is 11.6 Å². The van der Waals surface area contributed by atoms with Crippen LogP contribution in [0.5, 0.6) is 0 Å². The van der Waals surface area contributed by atoms with E-state index >= 15 is 0 Å². The Morgan fingerprint density at radius 2 is 2.12 bits per heavy atom. The summed E-state index contributed by atoms with van der Waals surface area (Å²) in [6, 6.07) is 9.48. The standard InChI is InChI=1S/C12H14ClNO2/c13-8-4-5-9-16-12(15)10-14-11-6-2-1-3-7-11/h1-3,5-7,9,14H,4,8,10H2. The Morgan fingerprint density at radius 1 is 1.38 bits per heavy atom. The first-order valence-electron chi connectivity index (χ1n) is 5.02. The fourth-order valence-corrected chi connectivity index (χ4v) is 1.15. The van der Waals surface area contributed by atoms with Crippen LogP contribution in [0.4, 0.5) is 5.69 Å². The Kier molecular flexibility index (Phi) is 6.11. The average Bonchev–Trinajstić information content (AvgIpc) is 2.33. The third-order valence-corrected chi connectivity index (χ3v) is 2.00. The largest absolute Gasteiger partial charge is 0.434 e. The summed E-state index contributed by atoms with van der Waals surface area (Å²) in [6.45, 7) is 0.148. The van der Waals surface area contributed by atoms with Gasteiger partial charge in [-0.3, -0.25) is 0 Å². The van der Waals surface area contributed by atoms with Crippen LogP contribution in [-0.4, -0.2) is 18.4 Å². The van der Waals surface area contributed by atoms with Gasteiger partial charge < -0.3 is 10.1 Å². The fraction of sp³-hybridized carbons (Fsp3) is 0.250. The molecule has 0 bridgehead atoms. The minimum absolute atomic E-state index is 0.148. The molecule has 0 atom stereocenters. The number of rotatable bonds is 6. The lowest BCUT2D eigenvalue weighted by molar-refractivity contribution is -0.135. The third kappa shape index (κ3) is 5.41. The molecule has 1 rings (SSSR count). The first kappa shape index (κ1) is 12.6. The number of benzene rings is 1. The maximum Gasteiger partial charge on any atom is 0.330 e. The number of hydrogen-bond acceptors (Lipinski definition) is 3. The van der Waals surface area contributed by atoms with Crippen LogP contribution < -0.4 is 5.32 Å². The van der Waals surface area contributed by atoms with Crippen LogP contribution in [0.3, 0.4) is 0 Å². The highest BCUT2D eigenvalue weighted by Gasteiger charge is 1.99. The molecule has 0 aliphatic rings. The lowest BCUT2D eigenvalue weighted by atomic mass is 10.3. The van der Waals surface area contributed by atoms with Crippen molar-refractivity contribution >= 4 is 23.3 Å². The van der Waals surface area contributed by atoms with Gasteiger partial charge in [0.2, 0.25) is 0 Å². The van der Waals surface area contributed by atoms with E-state index in [0.717, 1.165) is 5.69 Å². The highest BCUT2D eigenvalue weighted by atomic mass is 35.5. The van der Waals surface area contributed by atoms with Crippen LogP contribution in [-0.2, 0) is 9.53 Å². The first-order chi connectivity index (χ1) is 7.83. The predicted molar refractivity (Wildman–Crippen MR) is 65.5 cm³/mol. The summed E-state index contributed by atoms with van der Waals surface area (Å²) < 4.78 is 4.83. The maximum atomic E-state index is 11.2. The van der Waals surface area contributed by atoms with Crippen LogP contribution in [0.1, 0.15) is 6.42 Å². The minimum atomic E-state index is -0.324. The fourth-order valence-electron chi connectivity index (χ4n) is 1.03. The summed E-state index contributed by atoms with van der Waals surface area (Å²) in [4.78, 5) is 11.2. The van der Waals surface area contributed by atoms with Crippen molar-refractivity contribution in [1.82, 2.24) is 0 Å². The van der Waals surface area contributed by atoms with E-state index in [1.165, 1.54) is 6.26 Å². The van der Waals surface area contributed by atoms with Gasteiger partial charge in [-0.05, 0) is 24.6 Å². The van der Waals surface area contributed by atoms with Crippen molar-refractivity contribution in [3.8, 4) is 0 Å². The molecule has 0 aliphatic carbocycles. The van der Waals surface area contributed by atoms with Crippen molar-refractivity contribution in [3.63, 3.8) is 0 Å². The number of esters is 1. The second-order valence-corrected chi connectivity index (χ2v) is 3.44. The number of alkyl halides is 1. The van der Waals surface area contributed by atoms with Gasteiger partial charge in [-0.1, -0.05) is 18.2 Å². The number of nitrogens with one attached hydrogen (secondary N) is 1. The summed E-state index contributed by atoms with van der Waals surface area (Å²) in [5.74, 6) is 0.200. The summed E-state index contributed by atoms with van der Waals surface area (Å²) in [5, 5.41) is 2.95. The molecule has 0 saturated carbocycles. The zero-order valence-corrected chi connectivity index (χ0v) is 9.61. The van der Waals surface area contributed by atoms with E-state index in [2.05, 4.69) is 5.32 Å². The topological polar surface area (TPSA) is 38.3 Å². The van der Waals surface area contributed by atoms with Gasteiger partial charge in [0.05, 0.1) is 6.26 Å². The summed E-state index contributed by atoms with van der Waals surface area (Å²) in [6.07, 6.45) is 3.78. The van der Waals surface area contributed by atoms with Gasteiger partial charge in [-0.15, -0.1) is 11.6 Å². The van der Waals surface area contributed by atoms with Crippen LogP contribution in [0.25, 0.3) is 0 Å². The quantitative estimate of drug-likeness (QED) is 0.471. The van der Waals surface area contributed by atoms with Crippen molar-refractivity contribution in [3.05, 3.63) is 42.7 Å². The second kappa shape index (κ2) is 7.77. The van der Waals surface area contributed by atoms with E-state index in [1.807, 2.05) is 30.3 Å². The molecule has 0 spiro atoms. The van der Waals surface area contributed by atoms with E-state index in [1.54, 1.807) is 6.08 Å². The lowest BCUT2D eigenvalue weighted by Gasteiger charge is -2.03. The first-order valence-corrected chi connectivity index (χ1v) is 5.56. The van der Waals surface area contributed by atoms with Gasteiger partial charge in [0.15, 0.2) is 0 Å². The second-order valence-electron chi connectivity index (χ2n) is 3.06. The molecule has 1 aromatic rings. The molecule has 0 aromatic heterocycles. The molecular weight excluding hydrogens is 226 g/mol. The van der Waals surface area contributed by atoms with Gasteiger partial charge in [-0.25, -0.2) is 4.79 Å². The monoisotopic (exact) mass is 239 g/mol. The van der Waals surface area contributed by atoms with E-state index in [4.69, 9.17) is 16.3 Å². The highest BCUT2D eigenvalue weighted by Crippen LogP contribution is 2.03. The van der Waals surface area contributed by atoms with Gasteiger partial charge in [0.1, 0.15) is 6.54 Å². The molecule has 0 fully saturated rings. The molecule has 0 amide bonds. The zero-order chi connectivity index (χ0) is 11.6. The molecular formula is C12H14ClNO2. The Morgan fingerprint density at radius 3 is 2.81 bits per heavy atom. The summed E-state index contributed by atoms with van der Waals surface area (Å²) >= 11 is 5.45. The lowest BCUT2D eigenvalue weighted by Crippen LogP contribution is -2.14. The molecule has 0 radical (unpaired) electrons. The number of anilines is 1. The highest BCUT2D eigenvalue weighted by molar-refractivity contribution is 6.17. The minimum Gasteiger partial charge on any atom is -0.434 e. The number of halogens is 1. The molecule has 4 heteroatoms. The SMILES string of the molecule is O=C(CNc1ccccc1)OC=CCCCl. The number of hydrogen-bond donors (Lipinski definition) is 1. The number of carbonyl (C=O) groups excluding carboxylic acids is 1. The number of allylic oxidation sites excluding steroid dienone is 1. The number of carbonyl (C=O) groups is 1. The van der Waals surface area contributed by atoms with Crippen molar-refractivity contribution in [2.45, 2.75) is 6.42 Å². The Labute approximate surface area is 100 Å². The van der Waals surface area contributed by atoms with Gasteiger partial charge >= 0.3 is 5.97 Å². The van der Waals surface area contributed by atoms with Gasteiger partial charge in [0, 0.05) is 11.6 Å². The van der Waals surface area contributed by atoms with Crippen molar-refractivity contribution in [2.24, 2.45) is 0 Å². The molecule has 0 aliphatic heterocycles. The third-order valence-electron chi connectivity index (χ3n) is 1.78. The van der Waals surface area contributed by atoms with Crippen LogP contribution in [0.15, 0.2) is 42.7 Å². The van der Waals surface area contributed by atoms with Crippen molar-refractivity contribution < 1.29 is 9.53 Å². The normalized spacial score (nSPS) is 10.3. The van der Waals surface area contributed by atoms with Crippen molar-refractivity contribution in [1.29, 1.82) is 0 Å². The Hall–Kier alpha value is -1.48. The molecule has 86 valence electrons. The van der Waals surface area contributed by atoms with E-state index < -0.39 is 0 Å². The molecule has 0 saturated heterocycles. The van der Waals surface area contributed by atoms with E-state index in [-0.39, 0.29) is 12.5 Å². The zero-order valence-electron chi connectivity index (χ0n) is 8.86. The summed E-state index contributed by atoms with van der Waals surface area (Å²) in [5.41, 5.74) is 0.893. The van der Waals surface area contributed by atoms with Crippen LogP contribution in [0, 0.1) is 0 Å². The molecule has 3 nitrogen and oxygen atoms in total. The van der Waals surface area contributed by atoms with E-state index in [0.29, 0.717) is 12.3 Å². The molecule has 0 heterocycles. The van der Waals surface area contributed by atoms with E-state index in [9.17, 15) is 4.79 Å².